The Labute approximate surface area is 127 Å². The molecule has 0 fully saturated rings. The molecular weight excluding hydrogens is 280 g/mol. The lowest BCUT2D eigenvalue weighted by Gasteiger charge is -2.11. The first-order chi connectivity index (χ1) is 10.6. The van der Waals surface area contributed by atoms with E-state index in [9.17, 15) is 9.59 Å². The maximum absolute atomic E-state index is 12.5. The van der Waals surface area contributed by atoms with Crippen molar-refractivity contribution in [2.24, 2.45) is 10.7 Å². The van der Waals surface area contributed by atoms with Gasteiger partial charge in [0, 0.05) is 16.7 Å². The second-order valence-electron chi connectivity index (χ2n) is 4.90. The summed E-state index contributed by atoms with van der Waals surface area (Å²) in [5.74, 6) is -1.27. The van der Waals surface area contributed by atoms with E-state index in [0.29, 0.717) is 11.3 Å². The van der Waals surface area contributed by atoms with E-state index in [-0.39, 0.29) is 6.61 Å². The molecule has 1 atom stereocenters. The average Bonchev–Trinajstić information content (AvgIpc) is 3.11. The van der Waals surface area contributed by atoms with E-state index in [1.165, 1.54) is 6.08 Å². The fourth-order valence-corrected chi connectivity index (χ4v) is 2.44. The molecule has 5 heteroatoms. The SMILES string of the molecule is C=CCOC(=O)C(N)C(=O)c1cccc2c1N=C1C=CC=C12. The van der Waals surface area contributed by atoms with Gasteiger partial charge in [0.2, 0.25) is 0 Å². The van der Waals surface area contributed by atoms with Crippen LogP contribution < -0.4 is 5.73 Å². The summed E-state index contributed by atoms with van der Waals surface area (Å²) >= 11 is 0. The standard InChI is InChI=1S/C17H14N2O3/c1-2-9-22-17(21)14(18)16(20)12-7-3-6-11-10-5-4-8-13(10)19-15(11)12/h2-8,14H,1,9,18H2. The van der Waals surface area contributed by atoms with Gasteiger partial charge in [0.25, 0.3) is 0 Å². The molecule has 5 nitrogen and oxygen atoms in total. The van der Waals surface area contributed by atoms with Crippen molar-refractivity contribution in [3.8, 4) is 0 Å². The van der Waals surface area contributed by atoms with Gasteiger partial charge in [-0.25, -0.2) is 9.79 Å². The maximum atomic E-state index is 12.5. The van der Waals surface area contributed by atoms with E-state index in [1.807, 2.05) is 24.3 Å². The molecule has 0 saturated carbocycles. The number of Topliss-reactive ketones (excluding diaryl/α,β-unsaturated/α-hetero) is 1. The molecule has 2 aliphatic rings. The number of aliphatic imine (C=N–C) groups is 1. The topological polar surface area (TPSA) is 81.8 Å². The van der Waals surface area contributed by atoms with E-state index in [4.69, 9.17) is 10.5 Å². The summed E-state index contributed by atoms with van der Waals surface area (Å²) in [6.07, 6.45) is 7.14. The minimum atomic E-state index is -1.36. The van der Waals surface area contributed by atoms with Crippen molar-refractivity contribution >= 4 is 28.7 Å². The molecule has 0 saturated heterocycles. The fraction of sp³-hybridized carbons (Fsp3) is 0.118. The number of ether oxygens (including phenoxy) is 1. The normalized spacial score (nSPS) is 15.5. The maximum Gasteiger partial charge on any atom is 0.331 e. The zero-order valence-corrected chi connectivity index (χ0v) is 11.8. The van der Waals surface area contributed by atoms with Gasteiger partial charge >= 0.3 is 5.97 Å². The number of ketones is 1. The third kappa shape index (κ3) is 2.21. The van der Waals surface area contributed by atoms with Gasteiger partial charge in [0.05, 0.1) is 11.4 Å². The third-order valence-electron chi connectivity index (χ3n) is 3.50. The molecule has 0 bridgehead atoms. The average molecular weight is 294 g/mol. The highest BCUT2D eigenvalue weighted by Crippen LogP contribution is 2.40. The molecule has 2 N–H and O–H groups in total. The molecule has 0 spiro atoms. The van der Waals surface area contributed by atoms with Crippen LogP contribution in [0.3, 0.4) is 0 Å². The van der Waals surface area contributed by atoms with Crippen molar-refractivity contribution in [3.05, 3.63) is 60.2 Å². The van der Waals surface area contributed by atoms with Crippen LogP contribution in [0.5, 0.6) is 0 Å². The molecular formula is C17H14N2O3. The van der Waals surface area contributed by atoms with Gasteiger partial charge in [-0.15, -0.1) is 0 Å². The van der Waals surface area contributed by atoms with Crippen molar-refractivity contribution in [3.63, 3.8) is 0 Å². The second-order valence-corrected chi connectivity index (χ2v) is 4.90. The highest BCUT2D eigenvalue weighted by atomic mass is 16.5. The summed E-state index contributed by atoms with van der Waals surface area (Å²) in [4.78, 5) is 28.7. The van der Waals surface area contributed by atoms with Crippen LogP contribution in [0.1, 0.15) is 15.9 Å². The number of benzene rings is 1. The first-order valence-corrected chi connectivity index (χ1v) is 6.81. The summed E-state index contributed by atoms with van der Waals surface area (Å²) < 4.78 is 4.83. The number of hydrogen-bond donors (Lipinski definition) is 1. The minimum Gasteiger partial charge on any atom is -0.460 e. The summed E-state index contributed by atoms with van der Waals surface area (Å²) in [6, 6.07) is 3.91. The number of carbonyl (C=O) groups excluding carboxylic acids is 2. The van der Waals surface area contributed by atoms with Crippen molar-refractivity contribution in [1.29, 1.82) is 0 Å². The van der Waals surface area contributed by atoms with Crippen LogP contribution in [-0.4, -0.2) is 30.1 Å². The Morgan fingerprint density at radius 1 is 1.41 bits per heavy atom. The molecule has 0 aromatic heterocycles. The number of carbonyl (C=O) groups is 2. The number of allylic oxidation sites excluding steroid dienone is 4. The number of nitrogens with two attached hydrogens (primary N) is 1. The monoisotopic (exact) mass is 294 g/mol. The summed E-state index contributed by atoms with van der Waals surface area (Å²) in [5, 5.41) is 0. The lowest BCUT2D eigenvalue weighted by molar-refractivity contribution is -0.142. The number of para-hydroxylation sites is 1. The van der Waals surface area contributed by atoms with Crippen LogP contribution in [0.25, 0.3) is 5.57 Å². The predicted octanol–water partition coefficient (Wildman–Crippen LogP) is 1.97. The molecule has 1 unspecified atom stereocenters. The van der Waals surface area contributed by atoms with Crippen molar-refractivity contribution in [2.75, 3.05) is 6.61 Å². The second kappa shape index (κ2) is 5.54. The van der Waals surface area contributed by atoms with Gasteiger partial charge in [0.15, 0.2) is 11.8 Å². The fourth-order valence-electron chi connectivity index (χ4n) is 2.44. The predicted molar refractivity (Wildman–Crippen MR) is 84.1 cm³/mol. The van der Waals surface area contributed by atoms with E-state index < -0.39 is 17.8 Å². The Kier molecular flexibility index (Phi) is 3.56. The number of fused-ring (bicyclic) bond motifs is 3. The van der Waals surface area contributed by atoms with E-state index in [1.54, 1.807) is 12.1 Å². The molecule has 1 aromatic carbocycles. The molecule has 22 heavy (non-hydrogen) atoms. The Bertz CT molecular complexity index is 772. The van der Waals surface area contributed by atoms with Gasteiger partial charge < -0.3 is 10.5 Å². The highest BCUT2D eigenvalue weighted by Gasteiger charge is 2.30. The molecule has 110 valence electrons. The molecule has 1 aromatic rings. The van der Waals surface area contributed by atoms with Crippen LogP contribution in [0.4, 0.5) is 5.69 Å². The number of esters is 1. The molecule has 0 amide bonds. The van der Waals surface area contributed by atoms with Crippen molar-refractivity contribution in [2.45, 2.75) is 6.04 Å². The summed E-state index contributed by atoms with van der Waals surface area (Å²) in [7, 11) is 0. The zero-order chi connectivity index (χ0) is 15.7. The molecule has 3 rings (SSSR count). The van der Waals surface area contributed by atoms with Crippen molar-refractivity contribution < 1.29 is 14.3 Å². The van der Waals surface area contributed by atoms with Gasteiger partial charge in [-0.2, -0.15) is 0 Å². The van der Waals surface area contributed by atoms with E-state index in [0.717, 1.165) is 16.8 Å². The highest BCUT2D eigenvalue weighted by molar-refractivity contribution is 6.36. The number of nitrogens with zero attached hydrogens (tertiary/aromatic N) is 1. The lowest BCUT2D eigenvalue weighted by Crippen LogP contribution is -2.40. The summed E-state index contributed by atoms with van der Waals surface area (Å²) in [6.45, 7) is 3.46. The minimum absolute atomic E-state index is 0.0205. The Morgan fingerprint density at radius 3 is 3.00 bits per heavy atom. The van der Waals surface area contributed by atoms with Crippen LogP contribution in [0.15, 0.2) is 54.1 Å². The van der Waals surface area contributed by atoms with Gasteiger partial charge in [-0.3, -0.25) is 4.79 Å². The number of rotatable bonds is 5. The molecule has 0 radical (unpaired) electrons. The third-order valence-corrected chi connectivity index (χ3v) is 3.50. The first kappa shape index (κ1) is 14.2. The van der Waals surface area contributed by atoms with E-state index >= 15 is 0 Å². The van der Waals surface area contributed by atoms with Gasteiger partial charge in [-0.1, -0.05) is 36.9 Å². The van der Waals surface area contributed by atoms with Gasteiger partial charge in [-0.05, 0) is 12.1 Å². The zero-order valence-electron chi connectivity index (χ0n) is 11.8. The van der Waals surface area contributed by atoms with Crippen LogP contribution >= 0.6 is 0 Å². The van der Waals surface area contributed by atoms with Crippen LogP contribution in [0.2, 0.25) is 0 Å². The summed E-state index contributed by atoms with van der Waals surface area (Å²) in [5.41, 5.74) is 9.27. The molecule has 1 heterocycles. The first-order valence-electron chi connectivity index (χ1n) is 6.81. The van der Waals surface area contributed by atoms with Gasteiger partial charge in [0.1, 0.15) is 6.61 Å². The Balaban J connectivity index is 1.91. The van der Waals surface area contributed by atoms with Crippen LogP contribution in [0, 0.1) is 0 Å². The molecule has 1 aliphatic heterocycles. The molecule has 1 aliphatic carbocycles. The lowest BCUT2D eigenvalue weighted by atomic mass is 9.97. The van der Waals surface area contributed by atoms with E-state index in [2.05, 4.69) is 11.6 Å². The quantitative estimate of drug-likeness (QED) is 0.389. The largest absolute Gasteiger partial charge is 0.460 e. The smallest absolute Gasteiger partial charge is 0.331 e. The van der Waals surface area contributed by atoms with Crippen molar-refractivity contribution in [1.82, 2.24) is 0 Å². The number of hydrogen-bond acceptors (Lipinski definition) is 5. The van der Waals surface area contributed by atoms with Crippen LogP contribution in [-0.2, 0) is 9.53 Å². The Morgan fingerprint density at radius 2 is 2.23 bits per heavy atom. The Hall–Kier alpha value is -2.79.